The molecule has 0 bridgehead atoms. The predicted molar refractivity (Wildman–Crippen MR) is 606 cm³/mol. The summed E-state index contributed by atoms with van der Waals surface area (Å²) in [5.41, 5.74) is 53.9. The Morgan fingerprint density at radius 1 is 0.139 bits per heavy atom. The Balaban J connectivity index is 0.000000104. The van der Waals surface area contributed by atoms with Gasteiger partial charge in [0.2, 0.25) is 0 Å². The molecular weight excluding hydrogens is 1740 g/mol. The van der Waals surface area contributed by atoms with E-state index < -0.39 is 5.41 Å². The van der Waals surface area contributed by atoms with E-state index >= 15 is 0 Å². The normalized spacial score (nSPS) is 14.7. The fourth-order valence-corrected chi connectivity index (χ4v) is 25.3. The second-order valence-corrected chi connectivity index (χ2v) is 43.7. The molecule has 0 atom stereocenters. The average molecular weight is 1860 g/mol. The van der Waals surface area contributed by atoms with Crippen LogP contribution in [0.1, 0.15) is 194 Å². The highest BCUT2D eigenvalue weighted by atomic mass is 14.9. The molecule has 1 spiro atoms. The smallest absolute Gasteiger partial charge is 0.0726 e. The molecule has 144 heavy (non-hydrogen) atoms. The van der Waals surface area contributed by atoms with E-state index in [0.717, 1.165) is 45.5 Å². The van der Waals surface area contributed by atoms with Gasteiger partial charge in [-0.1, -0.05) is 459 Å². The van der Waals surface area contributed by atoms with Gasteiger partial charge in [0.15, 0.2) is 0 Å². The number of nitrogens with one attached hydrogen (secondary N) is 4. The third-order valence-electron chi connectivity index (χ3n) is 32.3. The van der Waals surface area contributed by atoms with Crippen LogP contribution >= 0.6 is 0 Å². The van der Waals surface area contributed by atoms with Gasteiger partial charge in [-0.25, -0.2) is 0 Å². The van der Waals surface area contributed by atoms with Gasteiger partial charge in [-0.05, 0) is 297 Å². The van der Waals surface area contributed by atoms with Crippen LogP contribution in [0, 0.1) is 0 Å². The molecule has 0 saturated heterocycles. The minimum absolute atomic E-state index is 0.0190. The SMILES string of the molecule is CC(C)(C)c1ccc(Nc2ccc3c(c2)C(c2ccccc2)(c2ccccc2)c2ccccc2-3)cc1.CC(C)(C)c1ccc(Nc2ccc3c(c2)C2(c4ccccc4-c4ccccc42)c2ccccc2-3)cc1.CC1(C)c2ccccc2-c2ccc(Nc3ccc4c(c3)C(C)(C)c3ccccc3-4)cc21.CC1(C)c2ccccc2-c2ccc(Nc3ccc4c(c3)C(c3ccccc3)(c3ccccc3)c3ccccc3-4)cc21. The van der Waals surface area contributed by atoms with E-state index in [-0.39, 0.29) is 37.9 Å². The summed E-state index contributed by atoms with van der Waals surface area (Å²) in [5, 5.41) is 14.9. The quantitative estimate of drug-likeness (QED) is 0.0985. The van der Waals surface area contributed by atoms with Crippen LogP contribution in [0.4, 0.5) is 45.5 Å². The van der Waals surface area contributed by atoms with Crippen molar-refractivity contribution < 1.29 is 0 Å². The van der Waals surface area contributed by atoms with Crippen LogP contribution in [0.3, 0.4) is 0 Å². The highest BCUT2D eigenvalue weighted by Crippen LogP contribution is 2.65. The minimum Gasteiger partial charge on any atom is -0.356 e. The molecule has 0 aromatic heterocycles. The maximum Gasteiger partial charge on any atom is 0.0726 e. The molecule has 7 aliphatic rings. The minimum atomic E-state index is -0.395. The van der Waals surface area contributed by atoms with Crippen LogP contribution in [0.2, 0.25) is 0 Å². The van der Waals surface area contributed by atoms with Gasteiger partial charge in [-0.2, -0.15) is 0 Å². The monoisotopic (exact) mass is 1850 g/mol. The van der Waals surface area contributed by atoms with E-state index in [0.29, 0.717) is 0 Å². The van der Waals surface area contributed by atoms with Gasteiger partial charge in [-0.15, -0.1) is 0 Å². The third kappa shape index (κ3) is 14.6. The van der Waals surface area contributed by atoms with E-state index in [1.807, 2.05) is 0 Å². The van der Waals surface area contributed by atoms with Gasteiger partial charge in [0.05, 0.1) is 16.2 Å². The van der Waals surface area contributed by atoms with E-state index in [9.17, 15) is 0 Å². The van der Waals surface area contributed by atoms with Gasteiger partial charge < -0.3 is 21.3 Å². The van der Waals surface area contributed by atoms with Crippen molar-refractivity contribution in [2.75, 3.05) is 21.3 Å². The third-order valence-corrected chi connectivity index (χ3v) is 32.3. The number of hydrogen-bond donors (Lipinski definition) is 4. The highest BCUT2D eigenvalue weighted by molar-refractivity contribution is 5.98. The van der Waals surface area contributed by atoms with Crippen molar-refractivity contribution in [1.82, 2.24) is 0 Å². The summed E-state index contributed by atoms with van der Waals surface area (Å²) in [6.45, 7) is 27.5. The van der Waals surface area contributed by atoms with Crippen LogP contribution < -0.4 is 21.3 Å². The first-order valence-corrected chi connectivity index (χ1v) is 51.1. The lowest BCUT2D eigenvalue weighted by atomic mass is 9.67. The molecule has 0 heterocycles. The Bertz CT molecular complexity index is 7990. The first-order valence-electron chi connectivity index (χ1n) is 51.1. The molecule has 0 amide bonds. The van der Waals surface area contributed by atoms with Crippen molar-refractivity contribution in [2.24, 2.45) is 0 Å². The van der Waals surface area contributed by atoms with Gasteiger partial charge in [-0.3, -0.25) is 0 Å². The zero-order valence-corrected chi connectivity index (χ0v) is 84.0. The first-order chi connectivity index (χ1) is 69.9. The number of rotatable bonds is 12. The van der Waals surface area contributed by atoms with E-state index in [4.69, 9.17) is 0 Å². The average Bonchev–Trinajstić information content (AvgIpc) is 1.50. The molecule has 0 saturated carbocycles. The summed E-state index contributed by atoms with van der Waals surface area (Å²) in [6.07, 6.45) is 0. The molecular formula is C140H118N4. The van der Waals surface area contributed by atoms with Crippen molar-refractivity contribution >= 4 is 45.5 Å². The molecule has 0 radical (unpaired) electrons. The van der Waals surface area contributed by atoms with Crippen molar-refractivity contribution in [3.8, 4) is 77.9 Å². The number of anilines is 8. The summed E-state index contributed by atoms with van der Waals surface area (Å²) < 4.78 is 0. The maximum atomic E-state index is 3.80. The van der Waals surface area contributed by atoms with Crippen molar-refractivity contribution in [3.63, 3.8) is 0 Å². The molecule has 27 rings (SSSR count). The summed E-state index contributed by atoms with van der Waals surface area (Å²) in [6, 6.07) is 174. The van der Waals surface area contributed by atoms with E-state index in [2.05, 4.69) is 578 Å². The van der Waals surface area contributed by atoms with Crippen molar-refractivity contribution in [3.05, 3.63) is 584 Å². The number of hydrogen-bond acceptors (Lipinski definition) is 4. The number of benzene rings is 20. The Morgan fingerprint density at radius 3 is 0.528 bits per heavy atom. The molecule has 4 nitrogen and oxygen atoms in total. The van der Waals surface area contributed by atoms with Crippen LogP contribution in [-0.2, 0) is 43.3 Å². The molecule has 20 aromatic carbocycles. The lowest BCUT2D eigenvalue weighted by Gasteiger charge is -2.34. The van der Waals surface area contributed by atoms with E-state index in [1.165, 1.54) is 189 Å². The largest absolute Gasteiger partial charge is 0.356 e. The standard InChI is InChI=1S/C40H31N.C35H29N.C35H31N.C30H27N/c1-39(2)35-19-11-9-17-31(35)33-23-21-29(25-37(33)39)41-30-22-24-34-32-18-10-12-20-36(32)40(38(34)26-30,27-13-5-3-6-14-27)28-15-7-4-8-16-28;1-34(2,3)23-16-18-24(19-17-23)36-25-20-21-29-28-12-6-9-15-32(28)35(33(29)22-25)30-13-7-4-10-26(30)27-11-5-8-14-31(27)35;1-34(2,3)25-18-20-28(21-19-25)36-29-22-23-31-30-16-10-11-17-32(30)35(33(31)24-29,26-12-6-4-7-13-26)27-14-8-5-9-15-27;1-29(2)25-11-7-5-9-21(25)23-15-13-19(17-27(23)29)31-20-14-16-24-22-10-6-8-12-26(22)30(3,4)28(24)18-20/h3-26,41H,1-2H3;4-22,36H,1-3H3;4-24,36H,1-3H3;5-18,31H,1-4H3. The zero-order valence-electron chi connectivity index (χ0n) is 84.0. The Kier molecular flexibility index (Phi) is 21.8. The molecule has 0 aliphatic heterocycles. The van der Waals surface area contributed by atoms with Crippen LogP contribution in [0.15, 0.2) is 473 Å². The molecule has 7 aliphatic carbocycles. The van der Waals surface area contributed by atoms with Gasteiger partial charge in [0, 0.05) is 61.7 Å². The maximum absolute atomic E-state index is 3.80. The molecule has 4 heteroatoms. The molecule has 4 N–H and O–H groups in total. The van der Waals surface area contributed by atoms with Crippen LogP contribution in [0.25, 0.3) is 77.9 Å². The van der Waals surface area contributed by atoms with Crippen molar-refractivity contribution in [1.29, 1.82) is 0 Å². The van der Waals surface area contributed by atoms with E-state index in [1.54, 1.807) is 0 Å². The van der Waals surface area contributed by atoms with Crippen molar-refractivity contribution in [2.45, 2.75) is 126 Å². The zero-order chi connectivity index (χ0) is 98.2. The summed E-state index contributed by atoms with van der Waals surface area (Å²) in [7, 11) is 0. The molecule has 0 fully saturated rings. The first kappa shape index (κ1) is 90.2. The summed E-state index contributed by atoms with van der Waals surface area (Å²) in [5.74, 6) is 0. The second kappa shape index (κ2) is 34.8. The summed E-state index contributed by atoms with van der Waals surface area (Å²) in [4.78, 5) is 0. The lowest BCUT2D eigenvalue weighted by molar-refractivity contribution is 0.590. The molecule has 20 aromatic rings. The van der Waals surface area contributed by atoms with Gasteiger partial charge in [0.1, 0.15) is 0 Å². The second-order valence-electron chi connectivity index (χ2n) is 43.7. The predicted octanol–water partition coefficient (Wildman–Crippen LogP) is 36.3. The molecule has 698 valence electrons. The topological polar surface area (TPSA) is 48.1 Å². The Hall–Kier alpha value is -16.4. The molecule has 0 unspecified atom stereocenters. The Morgan fingerprint density at radius 2 is 0.299 bits per heavy atom. The summed E-state index contributed by atoms with van der Waals surface area (Å²) >= 11 is 0. The Labute approximate surface area is 849 Å². The lowest BCUT2D eigenvalue weighted by Crippen LogP contribution is -2.28. The van der Waals surface area contributed by atoms with Crippen LogP contribution in [0.5, 0.6) is 0 Å². The van der Waals surface area contributed by atoms with Gasteiger partial charge in [0.25, 0.3) is 0 Å². The highest BCUT2D eigenvalue weighted by Gasteiger charge is 2.53. The fraction of sp³-hybridized carbons (Fsp3) is 0.143. The fourth-order valence-electron chi connectivity index (χ4n) is 25.3. The van der Waals surface area contributed by atoms with Crippen LogP contribution in [-0.4, -0.2) is 0 Å². The van der Waals surface area contributed by atoms with Gasteiger partial charge >= 0.3 is 0 Å². The number of fused-ring (bicyclic) bond motifs is 25.